The Balaban J connectivity index is 1.77. The van der Waals surface area contributed by atoms with E-state index >= 15 is 0 Å². The largest absolute Gasteiger partial charge is 0.406 e. The van der Waals surface area contributed by atoms with Crippen LogP contribution in [0.4, 0.5) is 18.9 Å². The predicted molar refractivity (Wildman–Crippen MR) is 121 cm³/mol. The number of hydrogen-bond donors (Lipinski definition) is 0. The fraction of sp³-hybridized carbons (Fsp3) is 0.125. The summed E-state index contributed by atoms with van der Waals surface area (Å²) in [6.45, 7) is -2.27. The third-order valence-corrected chi connectivity index (χ3v) is 5.04. The van der Waals surface area contributed by atoms with Gasteiger partial charge in [0.1, 0.15) is 6.54 Å². The van der Waals surface area contributed by atoms with Gasteiger partial charge in [-0.1, -0.05) is 66.7 Å². The molecule has 0 N–H and O–H groups in total. The van der Waals surface area contributed by atoms with Crippen molar-refractivity contribution < 1.29 is 22.9 Å². The summed E-state index contributed by atoms with van der Waals surface area (Å²) in [4.78, 5) is 28.6. The van der Waals surface area contributed by atoms with E-state index in [2.05, 4.69) is 10.1 Å². The SMILES string of the molecule is O=C(c1nc(-c2ccccc2)n(-c2ccccc2)n1)N(Cc1ccccc1[N+](=O)[O-])CC(F)(F)F. The Morgan fingerprint density at radius 1 is 0.943 bits per heavy atom. The summed E-state index contributed by atoms with van der Waals surface area (Å²) in [6.07, 6.45) is -4.75. The maximum atomic E-state index is 13.4. The van der Waals surface area contributed by atoms with Gasteiger partial charge in [0, 0.05) is 17.2 Å². The number of carbonyl (C=O) groups is 1. The van der Waals surface area contributed by atoms with Gasteiger partial charge in [0.15, 0.2) is 5.82 Å². The summed E-state index contributed by atoms with van der Waals surface area (Å²) in [6, 6.07) is 22.8. The van der Waals surface area contributed by atoms with Crippen LogP contribution in [0.5, 0.6) is 0 Å². The molecule has 8 nitrogen and oxygen atoms in total. The highest BCUT2D eigenvalue weighted by Crippen LogP contribution is 2.26. The van der Waals surface area contributed by atoms with Gasteiger partial charge in [-0.3, -0.25) is 14.9 Å². The molecule has 0 atom stereocenters. The van der Waals surface area contributed by atoms with Crippen LogP contribution in [-0.2, 0) is 6.54 Å². The fourth-order valence-corrected chi connectivity index (χ4v) is 3.51. The van der Waals surface area contributed by atoms with E-state index in [1.54, 1.807) is 60.7 Å². The number of aromatic nitrogens is 3. The fourth-order valence-electron chi connectivity index (χ4n) is 3.51. The Hall–Kier alpha value is -4.54. The van der Waals surface area contributed by atoms with Crippen LogP contribution in [0.3, 0.4) is 0 Å². The average molecular weight is 481 g/mol. The molecule has 0 spiro atoms. The number of hydrogen-bond acceptors (Lipinski definition) is 5. The maximum Gasteiger partial charge on any atom is 0.406 e. The average Bonchev–Trinajstić information content (AvgIpc) is 3.29. The van der Waals surface area contributed by atoms with Crippen molar-refractivity contribution in [2.45, 2.75) is 12.7 Å². The molecule has 0 fully saturated rings. The first kappa shape index (κ1) is 23.6. The van der Waals surface area contributed by atoms with Crippen molar-refractivity contribution in [3.05, 3.63) is 106 Å². The van der Waals surface area contributed by atoms with Crippen molar-refractivity contribution >= 4 is 11.6 Å². The number of nitro groups is 1. The molecule has 3 aromatic carbocycles. The summed E-state index contributed by atoms with van der Waals surface area (Å²) in [7, 11) is 0. The van der Waals surface area contributed by atoms with Crippen molar-refractivity contribution in [2.75, 3.05) is 6.54 Å². The molecule has 0 unspecified atom stereocenters. The minimum Gasteiger partial charge on any atom is -0.322 e. The molecule has 178 valence electrons. The quantitative estimate of drug-likeness (QED) is 0.272. The number of alkyl halides is 3. The van der Waals surface area contributed by atoms with Crippen molar-refractivity contribution in [2.24, 2.45) is 0 Å². The lowest BCUT2D eigenvalue weighted by Gasteiger charge is -2.22. The van der Waals surface area contributed by atoms with Crippen LogP contribution in [0.1, 0.15) is 16.2 Å². The van der Waals surface area contributed by atoms with E-state index in [4.69, 9.17) is 0 Å². The van der Waals surface area contributed by atoms with Crippen LogP contribution in [-0.4, -0.2) is 43.2 Å². The molecule has 0 radical (unpaired) electrons. The second-order valence-corrected chi connectivity index (χ2v) is 7.53. The minimum atomic E-state index is -4.75. The topological polar surface area (TPSA) is 94.2 Å². The Morgan fingerprint density at radius 2 is 1.54 bits per heavy atom. The molecular formula is C24H18F3N5O3. The molecule has 4 rings (SSSR count). The molecule has 1 aromatic heterocycles. The molecule has 0 aliphatic carbocycles. The molecule has 0 aliphatic heterocycles. The summed E-state index contributed by atoms with van der Waals surface area (Å²) in [5.41, 5.74) is 0.726. The molecule has 0 bridgehead atoms. The molecule has 0 aliphatic rings. The van der Waals surface area contributed by atoms with Gasteiger partial charge in [-0.05, 0) is 12.1 Å². The second kappa shape index (κ2) is 9.75. The lowest BCUT2D eigenvalue weighted by molar-refractivity contribution is -0.385. The molecule has 1 heterocycles. The second-order valence-electron chi connectivity index (χ2n) is 7.53. The molecule has 0 saturated carbocycles. The van der Waals surface area contributed by atoms with Crippen molar-refractivity contribution in [3.63, 3.8) is 0 Å². The third kappa shape index (κ3) is 5.52. The molecule has 0 saturated heterocycles. The number of benzene rings is 3. The Kier molecular flexibility index (Phi) is 6.58. The lowest BCUT2D eigenvalue weighted by Crippen LogP contribution is -2.39. The standard InChI is InChI=1S/C24H18F3N5O3/c25-24(26,27)16-30(15-18-11-7-8-14-20(18)32(34)35)23(33)21-28-22(17-9-3-1-4-10-17)31(29-21)19-12-5-2-6-13-19/h1-14H,15-16H2. The van der Waals surface area contributed by atoms with E-state index in [9.17, 15) is 28.1 Å². The molecule has 4 aromatic rings. The van der Waals surface area contributed by atoms with Gasteiger partial charge in [-0.25, -0.2) is 9.67 Å². The van der Waals surface area contributed by atoms with Crippen molar-refractivity contribution in [1.29, 1.82) is 0 Å². The Morgan fingerprint density at radius 3 is 2.17 bits per heavy atom. The van der Waals surface area contributed by atoms with E-state index in [0.29, 0.717) is 16.2 Å². The molecular weight excluding hydrogens is 463 g/mol. The van der Waals surface area contributed by atoms with E-state index in [0.717, 1.165) is 0 Å². The minimum absolute atomic E-state index is 0.0409. The molecule has 1 amide bonds. The monoisotopic (exact) mass is 481 g/mol. The Bertz CT molecular complexity index is 1280. The molecule has 35 heavy (non-hydrogen) atoms. The van der Waals surface area contributed by atoms with E-state index in [1.165, 1.54) is 28.9 Å². The maximum absolute atomic E-state index is 13.4. The lowest BCUT2D eigenvalue weighted by atomic mass is 10.1. The van der Waals surface area contributed by atoms with Crippen LogP contribution in [0.15, 0.2) is 84.9 Å². The van der Waals surface area contributed by atoms with Crippen molar-refractivity contribution in [1.82, 2.24) is 19.7 Å². The highest BCUT2D eigenvalue weighted by molar-refractivity contribution is 5.91. The molecule has 11 heteroatoms. The number of para-hydroxylation sites is 2. The first-order valence-corrected chi connectivity index (χ1v) is 10.4. The third-order valence-electron chi connectivity index (χ3n) is 5.04. The highest BCUT2D eigenvalue weighted by atomic mass is 19.4. The normalized spacial score (nSPS) is 11.3. The van der Waals surface area contributed by atoms with Gasteiger partial charge < -0.3 is 4.90 Å². The number of halogens is 3. The van der Waals surface area contributed by atoms with Gasteiger partial charge >= 0.3 is 6.18 Å². The summed E-state index contributed by atoms with van der Waals surface area (Å²) in [5.74, 6) is -1.30. The number of nitrogens with zero attached hydrogens (tertiary/aromatic N) is 5. The van der Waals surface area contributed by atoms with E-state index in [-0.39, 0.29) is 17.1 Å². The van der Waals surface area contributed by atoms with Crippen LogP contribution >= 0.6 is 0 Å². The van der Waals surface area contributed by atoms with Gasteiger partial charge in [-0.15, -0.1) is 5.10 Å². The van der Waals surface area contributed by atoms with Gasteiger partial charge in [0.2, 0.25) is 5.82 Å². The van der Waals surface area contributed by atoms with Gasteiger partial charge in [0.25, 0.3) is 11.6 Å². The van der Waals surface area contributed by atoms with Crippen molar-refractivity contribution in [3.8, 4) is 17.1 Å². The van der Waals surface area contributed by atoms with Crippen LogP contribution < -0.4 is 0 Å². The number of amides is 1. The first-order chi connectivity index (χ1) is 16.7. The number of rotatable bonds is 7. The van der Waals surface area contributed by atoms with Crippen LogP contribution in [0.2, 0.25) is 0 Å². The van der Waals surface area contributed by atoms with Crippen LogP contribution in [0, 0.1) is 10.1 Å². The van der Waals surface area contributed by atoms with E-state index in [1.807, 2.05) is 0 Å². The predicted octanol–water partition coefficient (Wildman–Crippen LogP) is 5.05. The Labute approximate surface area is 197 Å². The number of nitro benzene ring substituents is 1. The van der Waals surface area contributed by atoms with Gasteiger partial charge in [-0.2, -0.15) is 13.2 Å². The van der Waals surface area contributed by atoms with Crippen LogP contribution in [0.25, 0.3) is 17.1 Å². The highest BCUT2D eigenvalue weighted by Gasteiger charge is 2.36. The first-order valence-electron chi connectivity index (χ1n) is 10.4. The van der Waals surface area contributed by atoms with E-state index < -0.39 is 35.9 Å². The smallest absolute Gasteiger partial charge is 0.322 e. The number of carbonyl (C=O) groups excluding carboxylic acids is 1. The van der Waals surface area contributed by atoms with Gasteiger partial charge in [0.05, 0.1) is 17.2 Å². The summed E-state index contributed by atoms with van der Waals surface area (Å²) in [5, 5.41) is 15.6. The zero-order valence-electron chi connectivity index (χ0n) is 18.1. The summed E-state index contributed by atoms with van der Waals surface area (Å²) < 4.78 is 41.5. The zero-order chi connectivity index (χ0) is 25.0. The zero-order valence-corrected chi connectivity index (χ0v) is 18.1. The summed E-state index contributed by atoms with van der Waals surface area (Å²) >= 11 is 0.